The lowest BCUT2D eigenvalue weighted by atomic mass is 10.2. The Balaban J connectivity index is 1.54. The molecule has 4 rings (SSSR count). The molecule has 0 bridgehead atoms. The molecule has 3 aromatic heterocycles. The molecule has 1 aliphatic rings. The predicted molar refractivity (Wildman–Crippen MR) is 112 cm³/mol. The van der Waals surface area contributed by atoms with Crippen LogP contribution < -0.4 is 5.32 Å². The maximum Gasteiger partial charge on any atom is 0.253 e. The highest BCUT2D eigenvalue weighted by Crippen LogP contribution is 2.29. The van der Waals surface area contributed by atoms with Gasteiger partial charge in [0.05, 0.1) is 40.7 Å². The van der Waals surface area contributed by atoms with Gasteiger partial charge >= 0.3 is 0 Å². The number of hydrogen-bond acceptors (Lipinski definition) is 5. The van der Waals surface area contributed by atoms with Crippen molar-refractivity contribution in [2.24, 2.45) is 0 Å². The summed E-state index contributed by atoms with van der Waals surface area (Å²) >= 11 is 1.67. The van der Waals surface area contributed by atoms with Gasteiger partial charge in [0.1, 0.15) is 0 Å². The molecule has 0 unspecified atom stereocenters. The number of carbonyl (C=O) groups excluding carboxylic acids is 1. The van der Waals surface area contributed by atoms with Crippen molar-refractivity contribution >= 4 is 22.8 Å². The van der Waals surface area contributed by atoms with Gasteiger partial charge in [-0.15, -0.1) is 11.3 Å². The average Bonchev–Trinajstić information content (AvgIpc) is 3.34. The summed E-state index contributed by atoms with van der Waals surface area (Å²) in [7, 11) is 0. The van der Waals surface area contributed by atoms with Crippen molar-refractivity contribution < 1.29 is 9.53 Å². The molecule has 1 aliphatic heterocycles. The van der Waals surface area contributed by atoms with E-state index in [1.54, 1.807) is 11.3 Å². The maximum absolute atomic E-state index is 12.9. The predicted octanol–water partition coefficient (Wildman–Crippen LogP) is 3.25. The average molecular weight is 399 g/mol. The van der Waals surface area contributed by atoms with E-state index in [2.05, 4.69) is 33.8 Å². The summed E-state index contributed by atoms with van der Waals surface area (Å²) in [6, 6.07) is 7.88. The van der Waals surface area contributed by atoms with Crippen LogP contribution in [0.2, 0.25) is 0 Å². The van der Waals surface area contributed by atoms with Gasteiger partial charge in [-0.2, -0.15) is 0 Å². The molecule has 1 N–H and O–H groups in total. The molecule has 0 radical (unpaired) electrons. The normalized spacial score (nSPS) is 15.4. The Bertz CT molecular complexity index is 956. The van der Waals surface area contributed by atoms with Crippen molar-refractivity contribution in [2.45, 2.75) is 19.8 Å². The number of amides is 1. The highest BCUT2D eigenvalue weighted by atomic mass is 32.1. The Labute approximate surface area is 169 Å². The number of morpholine rings is 1. The van der Waals surface area contributed by atoms with Crippen LogP contribution in [0.1, 0.15) is 35.1 Å². The van der Waals surface area contributed by atoms with Crippen LogP contribution >= 0.6 is 11.3 Å². The van der Waals surface area contributed by atoms with E-state index in [-0.39, 0.29) is 5.91 Å². The van der Waals surface area contributed by atoms with Gasteiger partial charge in [0.15, 0.2) is 0 Å². The molecule has 148 valence electrons. The van der Waals surface area contributed by atoms with Crippen molar-refractivity contribution in [3.05, 3.63) is 46.4 Å². The molecular weight excluding hydrogens is 372 g/mol. The van der Waals surface area contributed by atoms with Gasteiger partial charge in [0, 0.05) is 43.7 Å². The topological polar surface area (TPSA) is 58.9 Å². The van der Waals surface area contributed by atoms with E-state index in [0.29, 0.717) is 18.0 Å². The molecule has 0 aromatic carbocycles. The SMILES string of the molecule is CC(C)c1nc(-c2cc(C(=O)NCCN3CCOCC3)c3ccccn23)cs1. The van der Waals surface area contributed by atoms with Crippen LogP contribution in [0.4, 0.5) is 0 Å². The molecule has 1 fully saturated rings. The first-order valence-electron chi connectivity index (χ1n) is 9.77. The number of aromatic nitrogens is 2. The Morgan fingerprint density at radius 2 is 2.14 bits per heavy atom. The minimum absolute atomic E-state index is 0.0393. The third kappa shape index (κ3) is 3.97. The molecule has 0 aliphatic carbocycles. The van der Waals surface area contributed by atoms with Crippen LogP contribution in [0.25, 0.3) is 16.9 Å². The summed E-state index contributed by atoms with van der Waals surface area (Å²) in [6.45, 7) is 9.16. The van der Waals surface area contributed by atoms with Crippen LogP contribution in [-0.2, 0) is 4.74 Å². The fraction of sp³-hybridized carbons (Fsp3) is 0.429. The molecule has 1 amide bonds. The zero-order valence-electron chi connectivity index (χ0n) is 16.4. The number of rotatable bonds is 6. The molecule has 0 spiro atoms. The molecule has 0 atom stereocenters. The second-order valence-corrected chi connectivity index (χ2v) is 8.22. The minimum atomic E-state index is -0.0393. The van der Waals surface area contributed by atoms with Gasteiger partial charge in [0.25, 0.3) is 5.91 Å². The monoisotopic (exact) mass is 398 g/mol. The largest absolute Gasteiger partial charge is 0.379 e. The minimum Gasteiger partial charge on any atom is -0.379 e. The fourth-order valence-electron chi connectivity index (χ4n) is 3.45. The zero-order chi connectivity index (χ0) is 19.5. The van der Waals surface area contributed by atoms with E-state index in [1.165, 1.54) is 0 Å². The third-order valence-electron chi connectivity index (χ3n) is 5.02. The van der Waals surface area contributed by atoms with E-state index in [1.807, 2.05) is 30.5 Å². The molecule has 6 nitrogen and oxygen atoms in total. The van der Waals surface area contributed by atoms with Crippen molar-refractivity contribution in [1.29, 1.82) is 0 Å². The number of fused-ring (bicyclic) bond motifs is 1. The van der Waals surface area contributed by atoms with E-state index in [4.69, 9.17) is 9.72 Å². The molecule has 4 heterocycles. The standard InChI is InChI=1S/C21H26N4O2S/c1-15(2)21-23-17(14-28-21)19-13-16(18-5-3-4-7-25(18)19)20(26)22-6-8-24-9-11-27-12-10-24/h3-5,7,13-15H,6,8-12H2,1-2H3,(H,22,26). The lowest BCUT2D eigenvalue weighted by Crippen LogP contribution is -2.41. The molecule has 28 heavy (non-hydrogen) atoms. The van der Waals surface area contributed by atoms with Crippen molar-refractivity contribution in [3.63, 3.8) is 0 Å². The first-order valence-corrected chi connectivity index (χ1v) is 10.7. The van der Waals surface area contributed by atoms with Gasteiger partial charge in [-0.05, 0) is 18.2 Å². The van der Waals surface area contributed by atoms with Crippen molar-refractivity contribution in [3.8, 4) is 11.4 Å². The van der Waals surface area contributed by atoms with E-state index in [9.17, 15) is 4.79 Å². The Morgan fingerprint density at radius 3 is 2.89 bits per heavy atom. The molecule has 7 heteroatoms. The van der Waals surface area contributed by atoms with E-state index >= 15 is 0 Å². The summed E-state index contributed by atoms with van der Waals surface area (Å²) in [6.07, 6.45) is 1.99. The van der Waals surface area contributed by atoms with Crippen LogP contribution in [0.15, 0.2) is 35.8 Å². The number of nitrogens with zero attached hydrogens (tertiary/aromatic N) is 3. The summed E-state index contributed by atoms with van der Waals surface area (Å²) in [5, 5.41) is 6.26. The van der Waals surface area contributed by atoms with Crippen LogP contribution in [0, 0.1) is 0 Å². The van der Waals surface area contributed by atoms with Gasteiger partial charge in [-0.3, -0.25) is 9.69 Å². The Morgan fingerprint density at radius 1 is 1.32 bits per heavy atom. The van der Waals surface area contributed by atoms with E-state index < -0.39 is 0 Å². The first kappa shape index (κ1) is 19.1. The lowest BCUT2D eigenvalue weighted by molar-refractivity contribution is 0.0383. The Hall–Kier alpha value is -2.22. The summed E-state index contributed by atoms with van der Waals surface area (Å²) < 4.78 is 7.42. The fourth-order valence-corrected chi connectivity index (χ4v) is 4.28. The first-order chi connectivity index (χ1) is 13.6. The van der Waals surface area contributed by atoms with Gasteiger partial charge < -0.3 is 14.5 Å². The Kier molecular flexibility index (Phi) is 5.75. The van der Waals surface area contributed by atoms with Crippen LogP contribution in [0.5, 0.6) is 0 Å². The van der Waals surface area contributed by atoms with Gasteiger partial charge in [0.2, 0.25) is 0 Å². The molecule has 3 aromatic rings. The zero-order valence-corrected chi connectivity index (χ0v) is 17.2. The number of pyridine rings is 1. The number of thiazole rings is 1. The lowest BCUT2D eigenvalue weighted by Gasteiger charge is -2.26. The second-order valence-electron chi connectivity index (χ2n) is 7.33. The molecular formula is C21H26N4O2S. The highest BCUT2D eigenvalue weighted by molar-refractivity contribution is 7.10. The van der Waals surface area contributed by atoms with Crippen molar-refractivity contribution in [1.82, 2.24) is 19.6 Å². The summed E-state index contributed by atoms with van der Waals surface area (Å²) in [5.74, 6) is 0.357. The molecule has 1 saturated heterocycles. The highest BCUT2D eigenvalue weighted by Gasteiger charge is 2.18. The smallest absolute Gasteiger partial charge is 0.253 e. The number of nitrogens with one attached hydrogen (secondary N) is 1. The van der Waals surface area contributed by atoms with Crippen LogP contribution in [-0.4, -0.2) is 59.6 Å². The summed E-state index contributed by atoms with van der Waals surface area (Å²) in [4.78, 5) is 20.0. The number of ether oxygens (including phenoxy) is 1. The summed E-state index contributed by atoms with van der Waals surface area (Å²) in [5.41, 5.74) is 3.47. The van der Waals surface area contributed by atoms with Gasteiger partial charge in [-0.1, -0.05) is 19.9 Å². The number of carbonyl (C=O) groups is 1. The van der Waals surface area contributed by atoms with Crippen molar-refractivity contribution in [2.75, 3.05) is 39.4 Å². The van der Waals surface area contributed by atoms with Crippen LogP contribution in [0.3, 0.4) is 0 Å². The van der Waals surface area contributed by atoms with Gasteiger partial charge in [-0.25, -0.2) is 4.98 Å². The third-order valence-corrected chi connectivity index (χ3v) is 6.16. The molecule has 0 saturated carbocycles. The second kappa shape index (κ2) is 8.43. The van der Waals surface area contributed by atoms with E-state index in [0.717, 1.165) is 54.8 Å². The maximum atomic E-state index is 12.9. The number of hydrogen-bond donors (Lipinski definition) is 1. The quantitative estimate of drug-likeness (QED) is 0.693.